The molecule has 1 aliphatic heterocycles. The Kier molecular flexibility index (Phi) is 3.91. The Balaban J connectivity index is 2.19. The van der Waals surface area contributed by atoms with Crippen molar-refractivity contribution in [2.24, 2.45) is 0 Å². The summed E-state index contributed by atoms with van der Waals surface area (Å²) in [5.74, 6) is 0.290. The molecule has 1 aromatic carbocycles. The largest absolute Gasteiger partial charge is 0.301 e. The fourth-order valence-corrected chi connectivity index (χ4v) is 3.45. The number of nitrogens with one attached hydrogen (secondary N) is 1. The number of alkyl halides is 1. The first-order valence-corrected chi connectivity index (χ1v) is 7.53. The van der Waals surface area contributed by atoms with E-state index >= 15 is 0 Å². The molecule has 1 aromatic rings. The van der Waals surface area contributed by atoms with Crippen LogP contribution in [0.1, 0.15) is 18.4 Å². The SMILES string of the molecule is O=S(=O)(Nc1ccccc1CCl)N1CCCC1. The van der Waals surface area contributed by atoms with E-state index in [2.05, 4.69) is 4.72 Å². The molecule has 1 saturated heterocycles. The number of rotatable bonds is 4. The Morgan fingerprint density at radius 3 is 2.53 bits per heavy atom. The molecule has 4 nitrogen and oxygen atoms in total. The topological polar surface area (TPSA) is 49.4 Å². The minimum atomic E-state index is -3.42. The van der Waals surface area contributed by atoms with Crippen LogP contribution in [-0.2, 0) is 16.1 Å². The Morgan fingerprint density at radius 2 is 1.88 bits per heavy atom. The number of hydrogen-bond acceptors (Lipinski definition) is 2. The molecule has 17 heavy (non-hydrogen) atoms. The average molecular weight is 275 g/mol. The van der Waals surface area contributed by atoms with Crippen LogP contribution in [-0.4, -0.2) is 25.8 Å². The molecule has 0 spiro atoms. The number of para-hydroxylation sites is 1. The van der Waals surface area contributed by atoms with Crippen molar-refractivity contribution >= 4 is 27.5 Å². The maximum atomic E-state index is 12.0. The Hall–Kier alpha value is -0.780. The summed E-state index contributed by atoms with van der Waals surface area (Å²) in [7, 11) is -3.42. The quantitative estimate of drug-likeness (QED) is 0.856. The van der Waals surface area contributed by atoms with Crippen LogP contribution in [0.5, 0.6) is 0 Å². The maximum absolute atomic E-state index is 12.0. The number of hydrogen-bond donors (Lipinski definition) is 1. The van der Waals surface area contributed by atoms with Crippen molar-refractivity contribution in [3.63, 3.8) is 0 Å². The molecule has 0 bridgehead atoms. The summed E-state index contributed by atoms with van der Waals surface area (Å²) >= 11 is 5.77. The lowest BCUT2D eigenvalue weighted by Gasteiger charge is -2.18. The van der Waals surface area contributed by atoms with Gasteiger partial charge in [0.1, 0.15) is 0 Å². The molecule has 2 rings (SSSR count). The molecule has 1 heterocycles. The van der Waals surface area contributed by atoms with Crippen LogP contribution < -0.4 is 4.72 Å². The summed E-state index contributed by atoms with van der Waals surface area (Å²) in [6.45, 7) is 1.19. The molecule has 0 amide bonds. The highest BCUT2D eigenvalue weighted by atomic mass is 35.5. The van der Waals surface area contributed by atoms with E-state index in [4.69, 9.17) is 11.6 Å². The van der Waals surface area contributed by atoms with Crippen LogP contribution in [0.25, 0.3) is 0 Å². The summed E-state index contributed by atoms with van der Waals surface area (Å²) in [5.41, 5.74) is 1.35. The van der Waals surface area contributed by atoms with Gasteiger partial charge in [-0.25, -0.2) is 0 Å². The van der Waals surface area contributed by atoms with E-state index in [0.717, 1.165) is 18.4 Å². The number of halogens is 1. The normalized spacial score (nSPS) is 17.2. The summed E-state index contributed by atoms with van der Waals surface area (Å²) in [6, 6.07) is 7.17. The first-order chi connectivity index (χ1) is 8.13. The van der Waals surface area contributed by atoms with Crippen molar-refractivity contribution in [1.82, 2.24) is 4.31 Å². The average Bonchev–Trinajstić information content (AvgIpc) is 2.83. The highest BCUT2D eigenvalue weighted by Crippen LogP contribution is 2.21. The van der Waals surface area contributed by atoms with E-state index in [0.29, 0.717) is 24.7 Å². The molecule has 0 unspecified atom stereocenters. The zero-order chi connectivity index (χ0) is 12.3. The van der Waals surface area contributed by atoms with E-state index in [1.807, 2.05) is 12.1 Å². The van der Waals surface area contributed by atoms with E-state index in [1.54, 1.807) is 12.1 Å². The van der Waals surface area contributed by atoms with Gasteiger partial charge in [0.2, 0.25) is 0 Å². The van der Waals surface area contributed by atoms with Crippen molar-refractivity contribution in [2.75, 3.05) is 17.8 Å². The first-order valence-electron chi connectivity index (χ1n) is 5.55. The van der Waals surface area contributed by atoms with Gasteiger partial charge < -0.3 is 0 Å². The van der Waals surface area contributed by atoms with E-state index < -0.39 is 10.2 Å². The molecule has 1 N–H and O–H groups in total. The molecular weight excluding hydrogens is 260 g/mol. The number of nitrogens with zero attached hydrogens (tertiary/aromatic N) is 1. The van der Waals surface area contributed by atoms with Gasteiger partial charge >= 0.3 is 10.2 Å². The highest BCUT2D eigenvalue weighted by Gasteiger charge is 2.25. The Morgan fingerprint density at radius 1 is 1.24 bits per heavy atom. The molecule has 0 aliphatic carbocycles. The molecule has 1 fully saturated rings. The zero-order valence-electron chi connectivity index (χ0n) is 9.39. The third kappa shape index (κ3) is 2.91. The fourth-order valence-electron chi connectivity index (χ4n) is 1.87. The van der Waals surface area contributed by atoms with E-state index in [9.17, 15) is 8.42 Å². The molecule has 0 aromatic heterocycles. The van der Waals surface area contributed by atoms with Crippen LogP contribution in [0.2, 0.25) is 0 Å². The monoisotopic (exact) mass is 274 g/mol. The van der Waals surface area contributed by atoms with Gasteiger partial charge in [-0.05, 0) is 24.5 Å². The van der Waals surface area contributed by atoms with Crippen molar-refractivity contribution in [1.29, 1.82) is 0 Å². The van der Waals surface area contributed by atoms with Gasteiger partial charge in [-0.1, -0.05) is 18.2 Å². The van der Waals surface area contributed by atoms with Crippen molar-refractivity contribution < 1.29 is 8.42 Å². The highest BCUT2D eigenvalue weighted by molar-refractivity contribution is 7.90. The molecule has 0 saturated carbocycles. The van der Waals surface area contributed by atoms with E-state index in [1.165, 1.54) is 4.31 Å². The summed E-state index contributed by atoms with van der Waals surface area (Å²) in [4.78, 5) is 0. The van der Waals surface area contributed by atoms with Crippen LogP contribution in [0, 0.1) is 0 Å². The van der Waals surface area contributed by atoms with Crippen molar-refractivity contribution in [3.8, 4) is 0 Å². The second-order valence-electron chi connectivity index (χ2n) is 4.00. The lowest BCUT2D eigenvalue weighted by molar-refractivity contribution is 0.482. The van der Waals surface area contributed by atoms with Gasteiger partial charge in [-0.3, -0.25) is 4.72 Å². The van der Waals surface area contributed by atoms with Gasteiger partial charge in [0, 0.05) is 19.0 Å². The Bertz CT molecular complexity index is 484. The standard InChI is InChI=1S/C11H15ClN2O2S/c12-9-10-5-1-2-6-11(10)13-17(15,16)14-7-3-4-8-14/h1-2,5-6,13H,3-4,7-9H2. The third-order valence-electron chi connectivity index (χ3n) is 2.81. The predicted molar refractivity (Wildman–Crippen MR) is 69.3 cm³/mol. The minimum absolute atomic E-state index is 0.290. The van der Waals surface area contributed by atoms with Gasteiger partial charge in [0.15, 0.2) is 0 Å². The molecule has 1 aliphatic rings. The van der Waals surface area contributed by atoms with Crippen LogP contribution >= 0.6 is 11.6 Å². The second-order valence-corrected chi connectivity index (χ2v) is 5.94. The third-order valence-corrected chi connectivity index (χ3v) is 4.62. The molecule has 0 radical (unpaired) electrons. The van der Waals surface area contributed by atoms with Gasteiger partial charge in [0.25, 0.3) is 0 Å². The molecule has 94 valence electrons. The number of anilines is 1. The first kappa shape index (κ1) is 12.7. The summed E-state index contributed by atoms with van der Waals surface area (Å²) in [5, 5.41) is 0. The molecular formula is C11H15ClN2O2S. The minimum Gasteiger partial charge on any atom is -0.271 e. The van der Waals surface area contributed by atoms with Crippen molar-refractivity contribution in [3.05, 3.63) is 29.8 Å². The van der Waals surface area contributed by atoms with Gasteiger partial charge in [-0.15, -0.1) is 11.6 Å². The summed E-state index contributed by atoms with van der Waals surface area (Å²) < 4.78 is 28.1. The lowest BCUT2D eigenvalue weighted by atomic mass is 10.2. The Labute approximate surface area is 107 Å². The second kappa shape index (κ2) is 5.25. The van der Waals surface area contributed by atoms with Crippen LogP contribution in [0.4, 0.5) is 5.69 Å². The smallest absolute Gasteiger partial charge is 0.271 e. The zero-order valence-corrected chi connectivity index (χ0v) is 11.0. The van der Waals surface area contributed by atoms with Crippen LogP contribution in [0.3, 0.4) is 0 Å². The maximum Gasteiger partial charge on any atom is 0.301 e. The lowest BCUT2D eigenvalue weighted by Crippen LogP contribution is -2.33. The fraction of sp³-hybridized carbons (Fsp3) is 0.455. The van der Waals surface area contributed by atoms with Crippen molar-refractivity contribution in [2.45, 2.75) is 18.7 Å². The van der Waals surface area contributed by atoms with Gasteiger partial charge in [-0.2, -0.15) is 12.7 Å². The van der Waals surface area contributed by atoms with Gasteiger partial charge in [0.05, 0.1) is 5.69 Å². The molecule has 0 atom stereocenters. The van der Waals surface area contributed by atoms with Crippen LogP contribution in [0.15, 0.2) is 24.3 Å². The number of benzene rings is 1. The molecule has 6 heteroatoms. The predicted octanol–water partition coefficient (Wildman–Crippen LogP) is 2.18. The van der Waals surface area contributed by atoms with E-state index in [-0.39, 0.29) is 0 Å². The summed E-state index contributed by atoms with van der Waals surface area (Å²) in [6.07, 6.45) is 1.86.